The number of rotatable bonds is 1. The van der Waals surface area contributed by atoms with Gasteiger partial charge in [-0.05, 0) is 35.9 Å². The monoisotopic (exact) mass is 376 g/mol. The fourth-order valence-corrected chi connectivity index (χ4v) is 3.15. The molecule has 1 N–H and O–H groups in total. The van der Waals surface area contributed by atoms with Crippen LogP contribution in [0, 0.1) is 5.82 Å². The van der Waals surface area contributed by atoms with Crippen molar-refractivity contribution in [3.8, 4) is 0 Å². The number of halogens is 2. The highest BCUT2D eigenvalue weighted by Gasteiger charge is 2.31. The Balaban J connectivity index is 2.21. The number of hydrogen-bond donors (Lipinski definition) is 1. The van der Waals surface area contributed by atoms with Crippen LogP contribution < -0.4 is 5.32 Å². The van der Waals surface area contributed by atoms with E-state index in [-0.39, 0.29) is 24.2 Å². The second-order valence-corrected chi connectivity index (χ2v) is 6.30. The highest BCUT2D eigenvalue weighted by atomic mass is 79.9. The zero-order valence-electron chi connectivity index (χ0n) is 12.3. The summed E-state index contributed by atoms with van der Waals surface area (Å²) in [6, 6.07) is 11.0. The highest BCUT2D eigenvalue weighted by molar-refractivity contribution is 9.10. The predicted octanol–water partition coefficient (Wildman–Crippen LogP) is 3.48. The molecule has 118 valence electrons. The summed E-state index contributed by atoms with van der Waals surface area (Å²) in [5.41, 5.74) is 2.18. The van der Waals surface area contributed by atoms with Crippen molar-refractivity contribution in [1.82, 2.24) is 4.90 Å². The second kappa shape index (κ2) is 6.12. The maximum atomic E-state index is 13.3. The number of amides is 2. The van der Waals surface area contributed by atoms with Crippen LogP contribution in [-0.2, 0) is 9.59 Å². The number of fused-ring (bicyclic) bond motifs is 1. The van der Waals surface area contributed by atoms with E-state index < -0.39 is 6.04 Å². The molecule has 0 aliphatic carbocycles. The Bertz CT molecular complexity index is 777. The van der Waals surface area contributed by atoms with E-state index in [1.807, 2.05) is 12.1 Å². The van der Waals surface area contributed by atoms with E-state index in [0.717, 1.165) is 15.6 Å². The molecule has 0 saturated heterocycles. The molecule has 3 rings (SSSR count). The molecular formula is C17H14BrFN2O2. The van der Waals surface area contributed by atoms with E-state index >= 15 is 0 Å². The minimum Gasteiger partial charge on any atom is -0.324 e. The van der Waals surface area contributed by atoms with Crippen LogP contribution in [0.4, 0.5) is 10.1 Å². The summed E-state index contributed by atoms with van der Waals surface area (Å²) in [6.07, 6.45) is 0. The number of carbonyl (C=O) groups excluding carboxylic acids is 2. The SMILES string of the molecule is CC(=O)N1CC(=O)Nc2ccc(Br)cc2[C@H]1c1ccc(F)cc1. The Morgan fingerprint density at radius 3 is 2.61 bits per heavy atom. The minimum absolute atomic E-state index is 0.0519. The van der Waals surface area contributed by atoms with Gasteiger partial charge in [0.05, 0.1) is 6.04 Å². The molecule has 1 heterocycles. The van der Waals surface area contributed by atoms with Gasteiger partial charge < -0.3 is 10.2 Å². The van der Waals surface area contributed by atoms with Gasteiger partial charge in [-0.25, -0.2) is 4.39 Å². The number of nitrogens with zero attached hydrogens (tertiary/aromatic N) is 1. The zero-order valence-corrected chi connectivity index (χ0v) is 13.9. The van der Waals surface area contributed by atoms with Gasteiger partial charge in [-0.15, -0.1) is 0 Å². The quantitative estimate of drug-likeness (QED) is 0.828. The van der Waals surface area contributed by atoms with Crippen molar-refractivity contribution in [2.24, 2.45) is 0 Å². The fraction of sp³-hybridized carbons (Fsp3) is 0.176. The summed E-state index contributed by atoms with van der Waals surface area (Å²) in [5.74, 6) is -0.823. The van der Waals surface area contributed by atoms with Crippen LogP contribution in [0.15, 0.2) is 46.9 Å². The third kappa shape index (κ3) is 3.12. The Morgan fingerprint density at radius 1 is 1.26 bits per heavy atom. The lowest BCUT2D eigenvalue weighted by molar-refractivity contribution is -0.134. The Labute approximate surface area is 141 Å². The molecule has 4 nitrogen and oxygen atoms in total. The average Bonchev–Trinajstić information content (AvgIpc) is 2.64. The Morgan fingerprint density at radius 2 is 1.96 bits per heavy atom. The van der Waals surface area contributed by atoms with Gasteiger partial charge in [-0.2, -0.15) is 0 Å². The normalized spacial score (nSPS) is 17.3. The van der Waals surface area contributed by atoms with Crippen molar-refractivity contribution in [1.29, 1.82) is 0 Å². The molecule has 0 radical (unpaired) electrons. The summed E-state index contributed by atoms with van der Waals surface area (Å²) in [7, 11) is 0. The van der Waals surface area contributed by atoms with Gasteiger partial charge in [0, 0.05) is 22.6 Å². The number of carbonyl (C=O) groups is 2. The van der Waals surface area contributed by atoms with Crippen LogP contribution in [0.5, 0.6) is 0 Å². The Hall–Kier alpha value is -2.21. The molecule has 1 aliphatic rings. The predicted molar refractivity (Wildman–Crippen MR) is 88.4 cm³/mol. The van der Waals surface area contributed by atoms with Gasteiger partial charge >= 0.3 is 0 Å². The van der Waals surface area contributed by atoms with E-state index in [9.17, 15) is 14.0 Å². The van der Waals surface area contributed by atoms with E-state index in [0.29, 0.717) is 5.69 Å². The molecule has 2 aromatic carbocycles. The first-order chi connectivity index (χ1) is 11.0. The maximum Gasteiger partial charge on any atom is 0.244 e. The molecule has 2 amide bonds. The van der Waals surface area contributed by atoms with E-state index in [4.69, 9.17) is 0 Å². The van der Waals surface area contributed by atoms with Crippen LogP contribution in [0.25, 0.3) is 0 Å². The van der Waals surface area contributed by atoms with Gasteiger partial charge in [0.15, 0.2) is 0 Å². The second-order valence-electron chi connectivity index (χ2n) is 5.38. The topological polar surface area (TPSA) is 49.4 Å². The molecule has 0 aromatic heterocycles. The van der Waals surface area contributed by atoms with E-state index in [1.165, 1.54) is 24.0 Å². The molecule has 0 bridgehead atoms. The van der Waals surface area contributed by atoms with Crippen molar-refractivity contribution >= 4 is 33.4 Å². The first-order valence-electron chi connectivity index (χ1n) is 7.07. The number of anilines is 1. The third-order valence-corrected chi connectivity index (χ3v) is 4.29. The summed E-state index contributed by atoms with van der Waals surface area (Å²) < 4.78 is 14.1. The number of nitrogens with one attached hydrogen (secondary N) is 1. The highest BCUT2D eigenvalue weighted by Crippen LogP contribution is 2.37. The molecule has 0 spiro atoms. The van der Waals surface area contributed by atoms with Gasteiger partial charge in [-0.1, -0.05) is 28.1 Å². The van der Waals surface area contributed by atoms with Crippen LogP contribution in [0.2, 0.25) is 0 Å². The standard InChI is InChI=1S/C17H14BrFN2O2/c1-10(22)21-9-16(23)20-15-7-4-12(18)8-14(15)17(21)11-2-5-13(19)6-3-11/h2-8,17H,9H2,1H3,(H,20,23)/t17-/m1/s1. The number of hydrogen-bond acceptors (Lipinski definition) is 2. The minimum atomic E-state index is -0.459. The lowest BCUT2D eigenvalue weighted by atomic mass is 9.96. The van der Waals surface area contributed by atoms with Crippen molar-refractivity contribution in [2.75, 3.05) is 11.9 Å². The molecule has 2 aromatic rings. The summed E-state index contributed by atoms with van der Waals surface area (Å²) in [6.45, 7) is 1.37. The van der Waals surface area contributed by atoms with E-state index in [1.54, 1.807) is 18.2 Å². The molecule has 6 heteroatoms. The van der Waals surface area contributed by atoms with Gasteiger partial charge in [0.1, 0.15) is 12.4 Å². The maximum absolute atomic E-state index is 13.3. The molecule has 1 atom stereocenters. The average molecular weight is 377 g/mol. The first kappa shape index (κ1) is 15.7. The van der Waals surface area contributed by atoms with Crippen molar-refractivity contribution in [3.05, 3.63) is 63.9 Å². The van der Waals surface area contributed by atoms with Gasteiger partial charge in [0.25, 0.3) is 0 Å². The molecule has 0 saturated carbocycles. The van der Waals surface area contributed by atoms with Crippen molar-refractivity contribution in [3.63, 3.8) is 0 Å². The zero-order chi connectivity index (χ0) is 16.6. The van der Waals surface area contributed by atoms with Crippen LogP contribution in [0.3, 0.4) is 0 Å². The smallest absolute Gasteiger partial charge is 0.244 e. The molecular weight excluding hydrogens is 363 g/mol. The van der Waals surface area contributed by atoms with Crippen molar-refractivity contribution in [2.45, 2.75) is 13.0 Å². The summed E-state index contributed by atoms with van der Waals surface area (Å²) in [5, 5.41) is 2.82. The van der Waals surface area contributed by atoms with Crippen LogP contribution in [0.1, 0.15) is 24.1 Å². The summed E-state index contributed by atoms with van der Waals surface area (Å²) in [4.78, 5) is 25.7. The third-order valence-electron chi connectivity index (χ3n) is 3.80. The van der Waals surface area contributed by atoms with Gasteiger partial charge in [-0.3, -0.25) is 9.59 Å². The number of benzene rings is 2. The lowest BCUT2D eigenvalue weighted by Gasteiger charge is -2.29. The molecule has 0 fully saturated rings. The molecule has 1 aliphatic heterocycles. The Kier molecular flexibility index (Phi) is 4.17. The van der Waals surface area contributed by atoms with Crippen molar-refractivity contribution < 1.29 is 14.0 Å². The molecule has 0 unspecified atom stereocenters. The lowest BCUT2D eigenvalue weighted by Crippen LogP contribution is -2.37. The van der Waals surface area contributed by atoms with Crippen LogP contribution in [-0.4, -0.2) is 23.3 Å². The van der Waals surface area contributed by atoms with E-state index in [2.05, 4.69) is 21.2 Å². The first-order valence-corrected chi connectivity index (χ1v) is 7.87. The van der Waals surface area contributed by atoms with Crippen LogP contribution >= 0.6 is 15.9 Å². The summed E-state index contributed by atoms with van der Waals surface area (Å²) >= 11 is 3.42. The largest absolute Gasteiger partial charge is 0.324 e. The molecule has 23 heavy (non-hydrogen) atoms. The van der Waals surface area contributed by atoms with Gasteiger partial charge in [0.2, 0.25) is 11.8 Å². The fourth-order valence-electron chi connectivity index (χ4n) is 2.77.